The van der Waals surface area contributed by atoms with Crippen molar-refractivity contribution in [2.75, 3.05) is 51.2 Å². The third-order valence-corrected chi connectivity index (χ3v) is 8.90. The molecule has 9 nitrogen and oxygen atoms in total. The molecular formula is C25H33N5O4S. The first-order chi connectivity index (χ1) is 16.8. The van der Waals surface area contributed by atoms with E-state index < -0.39 is 10.0 Å². The molecule has 1 aromatic heterocycles. The minimum atomic E-state index is -3.26. The lowest BCUT2D eigenvalue weighted by Crippen LogP contribution is -2.46. The molecule has 0 amide bonds. The SMILES string of the molecule is CCS(=O)(=O)N1CCC(Cc2c(OC)c(OC)cc3nc(NC)nc(N)c23)(c2ccccc2)CC1. The second kappa shape index (κ2) is 9.87. The zero-order valence-corrected chi connectivity index (χ0v) is 21.5. The number of hydrogen-bond donors (Lipinski definition) is 2. The van der Waals surface area contributed by atoms with Crippen LogP contribution in [-0.4, -0.2) is 62.8 Å². The minimum absolute atomic E-state index is 0.0986. The maximum atomic E-state index is 12.6. The number of methoxy groups -OCH3 is 2. The quantitative estimate of drug-likeness (QED) is 0.485. The summed E-state index contributed by atoms with van der Waals surface area (Å²) in [5, 5.41) is 3.67. The van der Waals surface area contributed by atoms with Crippen LogP contribution in [0, 0.1) is 0 Å². The maximum absolute atomic E-state index is 12.6. The molecule has 0 atom stereocenters. The van der Waals surface area contributed by atoms with Crippen molar-refractivity contribution in [2.45, 2.75) is 31.6 Å². The molecule has 0 aliphatic carbocycles. The van der Waals surface area contributed by atoms with Crippen molar-refractivity contribution < 1.29 is 17.9 Å². The second-order valence-electron chi connectivity index (χ2n) is 8.79. The minimum Gasteiger partial charge on any atom is -0.493 e. The van der Waals surface area contributed by atoms with Crippen LogP contribution in [0.25, 0.3) is 10.9 Å². The van der Waals surface area contributed by atoms with E-state index in [0.29, 0.717) is 61.1 Å². The highest BCUT2D eigenvalue weighted by Crippen LogP contribution is 2.46. The highest BCUT2D eigenvalue weighted by Gasteiger charge is 2.40. The van der Waals surface area contributed by atoms with Gasteiger partial charge in [0.1, 0.15) is 5.82 Å². The van der Waals surface area contributed by atoms with Gasteiger partial charge in [0.15, 0.2) is 11.5 Å². The van der Waals surface area contributed by atoms with Crippen molar-refractivity contribution in [3.63, 3.8) is 0 Å². The zero-order chi connectivity index (χ0) is 25.2. The maximum Gasteiger partial charge on any atom is 0.224 e. The number of ether oxygens (including phenoxy) is 2. The van der Waals surface area contributed by atoms with Gasteiger partial charge in [-0.3, -0.25) is 0 Å². The van der Waals surface area contributed by atoms with Gasteiger partial charge < -0.3 is 20.5 Å². The third kappa shape index (κ3) is 4.60. The Bertz CT molecular complexity index is 1310. The number of hydrogen-bond acceptors (Lipinski definition) is 8. The largest absolute Gasteiger partial charge is 0.493 e. The van der Waals surface area contributed by atoms with Gasteiger partial charge in [-0.1, -0.05) is 30.3 Å². The number of nitrogens with one attached hydrogen (secondary N) is 1. The van der Waals surface area contributed by atoms with Crippen LogP contribution >= 0.6 is 0 Å². The fraction of sp³-hybridized carbons (Fsp3) is 0.440. The number of anilines is 2. The molecule has 2 aromatic carbocycles. The molecule has 0 radical (unpaired) electrons. The molecule has 0 spiro atoms. The van der Waals surface area contributed by atoms with Crippen LogP contribution < -0.4 is 20.5 Å². The van der Waals surface area contributed by atoms with Gasteiger partial charge in [-0.25, -0.2) is 17.7 Å². The second-order valence-corrected chi connectivity index (χ2v) is 11.0. The number of piperidine rings is 1. The Labute approximate surface area is 206 Å². The molecule has 188 valence electrons. The molecule has 35 heavy (non-hydrogen) atoms. The van der Waals surface area contributed by atoms with E-state index in [9.17, 15) is 8.42 Å². The summed E-state index contributed by atoms with van der Waals surface area (Å²) in [6, 6.07) is 12.0. The zero-order valence-electron chi connectivity index (χ0n) is 20.7. The first-order valence-electron chi connectivity index (χ1n) is 11.7. The van der Waals surface area contributed by atoms with Crippen LogP contribution in [0.15, 0.2) is 36.4 Å². The molecule has 2 heterocycles. The molecule has 1 saturated heterocycles. The molecule has 0 saturated carbocycles. The third-order valence-electron chi connectivity index (χ3n) is 7.02. The van der Waals surface area contributed by atoms with Crippen LogP contribution in [0.5, 0.6) is 11.5 Å². The smallest absolute Gasteiger partial charge is 0.224 e. The Morgan fingerprint density at radius 3 is 2.37 bits per heavy atom. The highest BCUT2D eigenvalue weighted by atomic mass is 32.2. The van der Waals surface area contributed by atoms with Crippen molar-refractivity contribution in [3.05, 3.63) is 47.5 Å². The lowest BCUT2D eigenvalue weighted by Gasteiger charge is -2.42. The summed E-state index contributed by atoms with van der Waals surface area (Å²) in [5.74, 6) is 2.02. The van der Waals surface area contributed by atoms with Crippen molar-refractivity contribution in [1.82, 2.24) is 14.3 Å². The Kier molecular flexibility index (Phi) is 7.05. The number of nitrogen functional groups attached to an aromatic ring is 1. The van der Waals surface area contributed by atoms with E-state index in [1.54, 1.807) is 32.5 Å². The van der Waals surface area contributed by atoms with Crippen LogP contribution in [0.2, 0.25) is 0 Å². The molecule has 3 N–H and O–H groups in total. The lowest BCUT2D eigenvalue weighted by atomic mass is 9.69. The number of sulfonamides is 1. The van der Waals surface area contributed by atoms with Gasteiger partial charge >= 0.3 is 0 Å². The first kappa shape index (κ1) is 25.0. The van der Waals surface area contributed by atoms with Gasteiger partial charge in [-0.05, 0) is 31.7 Å². The van der Waals surface area contributed by atoms with E-state index in [-0.39, 0.29) is 11.2 Å². The van der Waals surface area contributed by atoms with Crippen LogP contribution in [0.3, 0.4) is 0 Å². The number of benzene rings is 2. The van der Waals surface area contributed by atoms with E-state index in [1.165, 1.54) is 0 Å². The lowest BCUT2D eigenvalue weighted by molar-refractivity contribution is 0.229. The molecule has 3 aromatic rings. The van der Waals surface area contributed by atoms with E-state index in [1.807, 2.05) is 24.3 Å². The molecule has 1 aliphatic rings. The van der Waals surface area contributed by atoms with Crippen molar-refractivity contribution in [3.8, 4) is 11.5 Å². The Hall–Kier alpha value is -3.11. The van der Waals surface area contributed by atoms with Crippen molar-refractivity contribution >= 4 is 32.7 Å². The predicted molar refractivity (Wildman–Crippen MR) is 139 cm³/mol. The monoisotopic (exact) mass is 499 g/mol. The summed E-state index contributed by atoms with van der Waals surface area (Å²) < 4.78 is 38.3. The number of nitrogens with zero attached hydrogens (tertiary/aromatic N) is 3. The molecular weight excluding hydrogens is 466 g/mol. The van der Waals surface area contributed by atoms with Gasteiger partial charge in [0, 0.05) is 42.6 Å². The van der Waals surface area contributed by atoms with Gasteiger partial charge in [-0.15, -0.1) is 0 Å². The fourth-order valence-corrected chi connectivity index (χ4v) is 6.19. The average Bonchev–Trinajstić information content (AvgIpc) is 2.88. The van der Waals surface area contributed by atoms with Crippen molar-refractivity contribution in [1.29, 1.82) is 0 Å². The van der Waals surface area contributed by atoms with Gasteiger partial charge in [-0.2, -0.15) is 4.98 Å². The van der Waals surface area contributed by atoms with Crippen LogP contribution in [0.1, 0.15) is 30.9 Å². The van der Waals surface area contributed by atoms with E-state index in [0.717, 1.165) is 16.5 Å². The van der Waals surface area contributed by atoms with E-state index >= 15 is 0 Å². The normalized spacial score (nSPS) is 16.2. The fourth-order valence-electron chi connectivity index (χ4n) is 5.09. The van der Waals surface area contributed by atoms with Gasteiger partial charge in [0.25, 0.3) is 0 Å². The topological polar surface area (TPSA) is 120 Å². The Balaban J connectivity index is 1.89. The van der Waals surface area contributed by atoms with E-state index in [2.05, 4.69) is 27.4 Å². The van der Waals surface area contributed by atoms with Crippen LogP contribution in [0.4, 0.5) is 11.8 Å². The van der Waals surface area contributed by atoms with Gasteiger partial charge in [0.2, 0.25) is 16.0 Å². The Morgan fingerprint density at radius 2 is 1.80 bits per heavy atom. The van der Waals surface area contributed by atoms with Crippen molar-refractivity contribution in [2.24, 2.45) is 0 Å². The van der Waals surface area contributed by atoms with Gasteiger partial charge in [0.05, 0.1) is 25.5 Å². The molecule has 10 heteroatoms. The summed E-state index contributed by atoms with van der Waals surface area (Å²) in [6.45, 7) is 2.58. The summed E-state index contributed by atoms with van der Waals surface area (Å²) in [6.07, 6.45) is 1.89. The number of nitrogens with two attached hydrogens (primary N) is 1. The molecule has 0 bridgehead atoms. The highest BCUT2D eigenvalue weighted by molar-refractivity contribution is 7.89. The predicted octanol–water partition coefficient (Wildman–Crippen LogP) is 3.20. The number of aromatic nitrogens is 2. The molecule has 1 aliphatic heterocycles. The number of fused-ring (bicyclic) bond motifs is 1. The van der Waals surface area contributed by atoms with E-state index in [4.69, 9.17) is 15.2 Å². The summed E-state index contributed by atoms with van der Waals surface area (Å²) in [4.78, 5) is 9.04. The molecule has 1 fully saturated rings. The average molecular weight is 500 g/mol. The summed E-state index contributed by atoms with van der Waals surface area (Å²) in [7, 11) is 1.69. The number of rotatable bonds is 8. The Morgan fingerprint density at radius 1 is 1.11 bits per heavy atom. The van der Waals surface area contributed by atoms with Crippen LogP contribution in [-0.2, 0) is 21.9 Å². The summed E-state index contributed by atoms with van der Waals surface area (Å²) >= 11 is 0. The first-order valence-corrected chi connectivity index (χ1v) is 13.3. The molecule has 4 rings (SSSR count). The standard InChI is InChI=1S/C25H33N5O4S/c1-5-35(31,32)30-13-11-25(12-14-30,17-9-7-6-8-10-17)16-18-21-19(15-20(33-3)22(18)34-4)28-24(27-2)29-23(21)26/h6-10,15H,5,11-14,16H2,1-4H3,(H3,26,27,28,29). The molecule has 0 unspecified atom stereocenters. The summed E-state index contributed by atoms with van der Waals surface area (Å²) in [5.41, 5.74) is 8.79.